The first-order valence-corrected chi connectivity index (χ1v) is 7.34. The summed E-state index contributed by atoms with van der Waals surface area (Å²) in [7, 11) is 0. The lowest BCUT2D eigenvalue weighted by molar-refractivity contribution is 0.591. The van der Waals surface area contributed by atoms with Gasteiger partial charge < -0.3 is 9.73 Å². The third kappa shape index (κ3) is 2.80. The van der Waals surface area contributed by atoms with E-state index in [1.165, 1.54) is 22.2 Å². The standard InChI is InChI=1S/C19H21NO/c1-19(2,3)16-9-5-6-10-17(16)20-12-14-13-21-18-11-7-4-8-15(14)18/h4-11,13,20H,12H2,1-3H3. The van der Waals surface area contributed by atoms with Crippen LogP contribution in [0.15, 0.2) is 59.2 Å². The zero-order valence-corrected chi connectivity index (χ0v) is 12.8. The quantitative estimate of drug-likeness (QED) is 0.699. The molecule has 0 bridgehead atoms. The minimum Gasteiger partial charge on any atom is -0.464 e. The molecule has 0 saturated heterocycles. The number of nitrogens with one attached hydrogen (secondary N) is 1. The number of benzene rings is 2. The molecule has 2 aromatic carbocycles. The highest BCUT2D eigenvalue weighted by Gasteiger charge is 2.17. The van der Waals surface area contributed by atoms with Crippen LogP contribution in [0.25, 0.3) is 11.0 Å². The first-order chi connectivity index (χ1) is 10.1. The Bertz CT molecular complexity index is 749. The largest absolute Gasteiger partial charge is 0.464 e. The summed E-state index contributed by atoms with van der Waals surface area (Å²) in [5.41, 5.74) is 4.78. The van der Waals surface area contributed by atoms with E-state index in [-0.39, 0.29) is 5.41 Å². The molecule has 3 aromatic rings. The molecule has 0 fully saturated rings. The smallest absolute Gasteiger partial charge is 0.134 e. The second-order valence-corrected chi connectivity index (χ2v) is 6.41. The Morgan fingerprint density at radius 1 is 0.952 bits per heavy atom. The molecule has 21 heavy (non-hydrogen) atoms. The number of fused-ring (bicyclic) bond motifs is 1. The van der Waals surface area contributed by atoms with Crippen LogP contribution in [0.5, 0.6) is 0 Å². The van der Waals surface area contributed by atoms with Gasteiger partial charge in [-0.3, -0.25) is 0 Å². The van der Waals surface area contributed by atoms with Crippen molar-refractivity contribution in [3.8, 4) is 0 Å². The Hall–Kier alpha value is -2.22. The maximum absolute atomic E-state index is 5.59. The van der Waals surface area contributed by atoms with Gasteiger partial charge in [0, 0.05) is 23.2 Å². The fourth-order valence-corrected chi connectivity index (χ4v) is 2.65. The van der Waals surface area contributed by atoms with Crippen molar-refractivity contribution in [2.45, 2.75) is 32.7 Å². The van der Waals surface area contributed by atoms with Crippen LogP contribution < -0.4 is 5.32 Å². The summed E-state index contributed by atoms with van der Waals surface area (Å²) in [5.74, 6) is 0. The molecule has 0 unspecified atom stereocenters. The molecular formula is C19H21NO. The van der Waals surface area contributed by atoms with Crippen LogP contribution in [-0.2, 0) is 12.0 Å². The lowest BCUT2D eigenvalue weighted by Crippen LogP contribution is -2.14. The predicted molar refractivity (Wildman–Crippen MR) is 88.7 cm³/mol. The Kier molecular flexibility index (Phi) is 3.46. The van der Waals surface area contributed by atoms with E-state index in [9.17, 15) is 0 Å². The summed E-state index contributed by atoms with van der Waals surface area (Å²) in [5, 5.41) is 4.73. The summed E-state index contributed by atoms with van der Waals surface area (Å²) >= 11 is 0. The maximum atomic E-state index is 5.59. The molecule has 0 aliphatic carbocycles. The Morgan fingerprint density at radius 3 is 2.48 bits per heavy atom. The average molecular weight is 279 g/mol. The average Bonchev–Trinajstić information content (AvgIpc) is 2.88. The fraction of sp³-hybridized carbons (Fsp3) is 0.263. The lowest BCUT2D eigenvalue weighted by atomic mass is 9.86. The van der Waals surface area contributed by atoms with E-state index >= 15 is 0 Å². The third-order valence-electron chi connectivity index (χ3n) is 3.77. The molecule has 1 heterocycles. The molecule has 2 heteroatoms. The number of hydrogen-bond acceptors (Lipinski definition) is 2. The van der Waals surface area contributed by atoms with Crippen LogP contribution in [0.1, 0.15) is 31.9 Å². The second-order valence-electron chi connectivity index (χ2n) is 6.41. The number of furan rings is 1. The topological polar surface area (TPSA) is 25.2 Å². The van der Waals surface area contributed by atoms with Crippen molar-refractivity contribution >= 4 is 16.7 Å². The Labute approximate surface area is 125 Å². The Morgan fingerprint density at radius 2 is 1.67 bits per heavy atom. The van der Waals surface area contributed by atoms with Crippen molar-refractivity contribution < 1.29 is 4.42 Å². The summed E-state index contributed by atoms with van der Waals surface area (Å²) < 4.78 is 5.59. The van der Waals surface area contributed by atoms with E-state index in [4.69, 9.17) is 4.42 Å². The molecule has 0 atom stereocenters. The van der Waals surface area contributed by atoms with Gasteiger partial charge in [-0.2, -0.15) is 0 Å². The van der Waals surface area contributed by atoms with Crippen LogP contribution in [0.3, 0.4) is 0 Å². The van der Waals surface area contributed by atoms with Gasteiger partial charge in [0.2, 0.25) is 0 Å². The van der Waals surface area contributed by atoms with Crippen molar-refractivity contribution in [1.29, 1.82) is 0 Å². The minimum atomic E-state index is 0.127. The van der Waals surface area contributed by atoms with Crippen LogP contribution >= 0.6 is 0 Å². The molecule has 0 radical (unpaired) electrons. The fourth-order valence-electron chi connectivity index (χ4n) is 2.65. The normalized spacial score (nSPS) is 11.8. The highest BCUT2D eigenvalue weighted by molar-refractivity contribution is 5.81. The molecular weight excluding hydrogens is 258 g/mol. The second kappa shape index (κ2) is 5.28. The molecule has 0 spiro atoms. The monoisotopic (exact) mass is 279 g/mol. The summed E-state index contributed by atoms with van der Waals surface area (Å²) in [6.07, 6.45) is 1.84. The first kappa shape index (κ1) is 13.7. The zero-order chi connectivity index (χ0) is 14.9. The number of hydrogen-bond donors (Lipinski definition) is 1. The highest BCUT2D eigenvalue weighted by Crippen LogP contribution is 2.30. The van der Waals surface area contributed by atoms with Gasteiger partial charge in [0.25, 0.3) is 0 Å². The van der Waals surface area contributed by atoms with E-state index in [0.717, 1.165) is 12.1 Å². The van der Waals surface area contributed by atoms with Gasteiger partial charge in [0.05, 0.1) is 6.26 Å². The molecule has 3 rings (SSSR count). The van der Waals surface area contributed by atoms with E-state index in [2.05, 4.69) is 56.4 Å². The van der Waals surface area contributed by atoms with Crippen LogP contribution in [-0.4, -0.2) is 0 Å². The lowest BCUT2D eigenvalue weighted by Gasteiger charge is -2.23. The summed E-state index contributed by atoms with van der Waals surface area (Å²) in [4.78, 5) is 0. The van der Waals surface area contributed by atoms with Gasteiger partial charge in [-0.15, -0.1) is 0 Å². The molecule has 0 saturated carbocycles. The van der Waals surface area contributed by atoms with Crippen LogP contribution in [0, 0.1) is 0 Å². The molecule has 0 aliphatic heterocycles. The predicted octanol–water partition coefficient (Wildman–Crippen LogP) is 5.34. The van der Waals surface area contributed by atoms with Crippen LogP contribution in [0.4, 0.5) is 5.69 Å². The van der Waals surface area contributed by atoms with E-state index < -0.39 is 0 Å². The highest BCUT2D eigenvalue weighted by atomic mass is 16.3. The molecule has 1 aromatic heterocycles. The number of rotatable bonds is 3. The third-order valence-corrected chi connectivity index (χ3v) is 3.77. The van der Waals surface area contributed by atoms with Gasteiger partial charge in [0.15, 0.2) is 0 Å². The minimum absolute atomic E-state index is 0.127. The van der Waals surface area contributed by atoms with E-state index in [0.29, 0.717) is 0 Å². The first-order valence-electron chi connectivity index (χ1n) is 7.34. The maximum Gasteiger partial charge on any atom is 0.134 e. The molecule has 0 aliphatic rings. The van der Waals surface area contributed by atoms with Gasteiger partial charge in [-0.05, 0) is 23.1 Å². The van der Waals surface area contributed by atoms with Gasteiger partial charge in [-0.1, -0.05) is 57.2 Å². The van der Waals surface area contributed by atoms with Crippen molar-refractivity contribution in [3.63, 3.8) is 0 Å². The van der Waals surface area contributed by atoms with E-state index in [1.54, 1.807) is 0 Å². The van der Waals surface area contributed by atoms with Crippen LogP contribution in [0.2, 0.25) is 0 Å². The number of anilines is 1. The van der Waals surface area contributed by atoms with Crippen molar-refractivity contribution in [3.05, 3.63) is 65.9 Å². The SMILES string of the molecule is CC(C)(C)c1ccccc1NCc1coc2ccccc12. The molecule has 2 nitrogen and oxygen atoms in total. The van der Waals surface area contributed by atoms with Crippen molar-refractivity contribution in [2.24, 2.45) is 0 Å². The van der Waals surface area contributed by atoms with E-state index in [1.807, 2.05) is 24.5 Å². The summed E-state index contributed by atoms with van der Waals surface area (Å²) in [6.45, 7) is 7.48. The zero-order valence-electron chi connectivity index (χ0n) is 12.8. The van der Waals surface area contributed by atoms with Gasteiger partial charge in [0.1, 0.15) is 5.58 Å². The van der Waals surface area contributed by atoms with Gasteiger partial charge in [-0.25, -0.2) is 0 Å². The molecule has 0 amide bonds. The molecule has 1 N–H and O–H groups in total. The summed E-state index contributed by atoms with van der Waals surface area (Å²) in [6, 6.07) is 16.7. The number of para-hydroxylation sites is 2. The van der Waals surface area contributed by atoms with Crippen molar-refractivity contribution in [2.75, 3.05) is 5.32 Å². The Balaban J connectivity index is 1.86. The van der Waals surface area contributed by atoms with Crippen molar-refractivity contribution in [1.82, 2.24) is 0 Å². The van der Waals surface area contributed by atoms with Gasteiger partial charge >= 0.3 is 0 Å². The molecule has 108 valence electrons.